The van der Waals surface area contributed by atoms with Gasteiger partial charge in [-0.1, -0.05) is 0 Å². The Morgan fingerprint density at radius 1 is 1.04 bits per heavy atom. The lowest BCUT2D eigenvalue weighted by Gasteiger charge is -2.33. The van der Waals surface area contributed by atoms with Crippen molar-refractivity contribution in [1.29, 1.82) is 0 Å². The molecule has 3 fully saturated rings. The van der Waals surface area contributed by atoms with Gasteiger partial charge in [-0.25, -0.2) is 13.4 Å². The number of aromatic hydroxyl groups is 1. The molecule has 14 nitrogen and oxygen atoms in total. The Labute approximate surface area is 274 Å². The fraction of sp³-hybridized carbons (Fsp3) is 0.344. The molecule has 3 aliphatic heterocycles. The number of nitrogens with zero attached hydrogens (tertiary/aromatic N) is 4. The molecule has 3 aliphatic rings. The minimum atomic E-state index is -4.33. The molecule has 1 aromatic heterocycles. The van der Waals surface area contributed by atoms with E-state index in [0.29, 0.717) is 22.1 Å². The summed E-state index contributed by atoms with van der Waals surface area (Å²) in [5, 5.41) is 21.5. The molecular weight excluding hydrogens is 645 g/mol. The molecule has 3 saturated heterocycles. The van der Waals surface area contributed by atoms with Crippen LogP contribution < -0.4 is 24.6 Å². The number of hydrogen-bond donors (Lipinski definition) is 4. The molecule has 0 aliphatic carbocycles. The highest BCUT2D eigenvalue weighted by Crippen LogP contribution is 2.39. The van der Waals surface area contributed by atoms with Gasteiger partial charge in [0.15, 0.2) is 5.82 Å². The van der Waals surface area contributed by atoms with Crippen molar-refractivity contribution in [3.05, 3.63) is 54.0 Å². The maximum atomic E-state index is 15.4. The number of anilines is 3. The van der Waals surface area contributed by atoms with Crippen molar-refractivity contribution in [1.82, 2.24) is 19.8 Å². The van der Waals surface area contributed by atoms with E-state index in [4.69, 9.17) is 0 Å². The van der Waals surface area contributed by atoms with Crippen LogP contribution in [0.1, 0.15) is 43.7 Å². The third-order valence-corrected chi connectivity index (χ3v) is 10.6. The number of imide groups is 1. The average Bonchev–Trinajstić information content (AvgIpc) is 3.50. The largest absolute Gasteiger partial charge is 0.506 e. The number of phenols is 1. The first-order valence-corrected chi connectivity index (χ1v) is 17.0. The van der Waals surface area contributed by atoms with Crippen molar-refractivity contribution < 1.29 is 37.1 Å². The Hall–Kier alpha value is -5.25. The zero-order chi connectivity index (χ0) is 33.9. The van der Waals surface area contributed by atoms with E-state index in [9.17, 15) is 32.7 Å². The number of nitrogens with one attached hydrogen (secondary N) is 3. The SMILES string of the molecule is Cn1nc([C@H]2CCC(=O)NC2=O)c2ccc(N3CCC(CC(=O)Nc4ccc5c(F)c(N6CC(=O)NS6(=O)=O)c(O)cc5c4)CC3)cc21. The highest BCUT2D eigenvalue weighted by molar-refractivity contribution is 7.92. The molecule has 16 heteroatoms. The Morgan fingerprint density at radius 3 is 2.50 bits per heavy atom. The van der Waals surface area contributed by atoms with E-state index in [-0.39, 0.29) is 47.3 Å². The Balaban J connectivity index is 0.982. The zero-order valence-corrected chi connectivity index (χ0v) is 26.6. The molecule has 0 radical (unpaired) electrons. The summed E-state index contributed by atoms with van der Waals surface area (Å²) < 4.78 is 43.8. The monoisotopic (exact) mass is 677 g/mol. The molecule has 3 aromatic carbocycles. The Morgan fingerprint density at radius 2 is 1.79 bits per heavy atom. The van der Waals surface area contributed by atoms with Gasteiger partial charge in [0, 0.05) is 55.1 Å². The van der Waals surface area contributed by atoms with Gasteiger partial charge in [0.05, 0.1) is 17.1 Å². The summed E-state index contributed by atoms with van der Waals surface area (Å²) in [5.74, 6) is -3.63. The minimum Gasteiger partial charge on any atom is -0.506 e. The predicted octanol–water partition coefficient (Wildman–Crippen LogP) is 2.52. The highest BCUT2D eigenvalue weighted by Gasteiger charge is 2.38. The quantitative estimate of drug-likeness (QED) is 0.223. The first-order valence-electron chi connectivity index (χ1n) is 15.5. The van der Waals surface area contributed by atoms with E-state index in [1.54, 1.807) is 9.40 Å². The maximum Gasteiger partial charge on any atom is 0.326 e. The summed E-state index contributed by atoms with van der Waals surface area (Å²) in [6.45, 7) is 0.830. The number of carbonyl (C=O) groups excluding carboxylic acids is 4. The van der Waals surface area contributed by atoms with Gasteiger partial charge in [0.25, 0.3) is 5.91 Å². The molecule has 7 rings (SSSR count). The van der Waals surface area contributed by atoms with E-state index < -0.39 is 45.8 Å². The van der Waals surface area contributed by atoms with E-state index >= 15 is 4.39 Å². The van der Waals surface area contributed by atoms with Crippen LogP contribution in [-0.4, -0.2) is 66.6 Å². The van der Waals surface area contributed by atoms with Crippen molar-refractivity contribution in [2.24, 2.45) is 13.0 Å². The van der Waals surface area contributed by atoms with Crippen LogP contribution in [0.15, 0.2) is 42.5 Å². The number of halogens is 1. The molecule has 0 unspecified atom stereocenters. The summed E-state index contributed by atoms with van der Waals surface area (Å²) >= 11 is 0. The van der Waals surface area contributed by atoms with Gasteiger partial charge < -0.3 is 15.3 Å². The summed E-state index contributed by atoms with van der Waals surface area (Å²) in [6.07, 6.45) is 2.57. The number of fused-ring (bicyclic) bond motifs is 2. The lowest BCUT2D eigenvalue weighted by molar-refractivity contribution is -0.134. The second kappa shape index (κ2) is 11.8. The number of benzene rings is 3. The number of rotatable bonds is 6. The molecule has 0 bridgehead atoms. The van der Waals surface area contributed by atoms with Gasteiger partial charge in [-0.2, -0.15) is 13.5 Å². The Bertz CT molecular complexity index is 2140. The third kappa shape index (κ3) is 5.65. The molecule has 1 atom stereocenters. The van der Waals surface area contributed by atoms with Gasteiger partial charge in [0.1, 0.15) is 18.0 Å². The van der Waals surface area contributed by atoms with Gasteiger partial charge in [-0.3, -0.25) is 29.2 Å². The van der Waals surface area contributed by atoms with Crippen molar-refractivity contribution in [2.75, 3.05) is 34.2 Å². The van der Waals surface area contributed by atoms with Crippen LogP contribution in [0, 0.1) is 11.7 Å². The van der Waals surface area contributed by atoms with Crippen LogP contribution in [-0.2, 0) is 36.4 Å². The van der Waals surface area contributed by atoms with Crippen LogP contribution in [0.4, 0.5) is 21.5 Å². The second-order valence-corrected chi connectivity index (χ2v) is 14.0. The van der Waals surface area contributed by atoms with Crippen LogP contribution in [0.5, 0.6) is 5.75 Å². The van der Waals surface area contributed by atoms with Gasteiger partial charge >= 0.3 is 10.2 Å². The molecule has 48 heavy (non-hydrogen) atoms. The van der Waals surface area contributed by atoms with Crippen molar-refractivity contribution in [2.45, 2.75) is 38.0 Å². The lowest BCUT2D eigenvalue weighted by Crippen LogP contribution is -2.39. The highest BCUT2D eigenvalue weighted by atomic mass is 32.2. The number of hydrogen-bond acceptors (Lipinski definition) is 9. The molecule has 4 N–H and O–H groups in total. The standard InChI is InChI=1S/C32H32FN7O7S/c1-38-24-15-20(3-5-22(24)30(36-38)23-6-7-26(42)35-32(23)45)39-10-8-17(9-11-39)12-27(43)34-19-2-4-21-18(13-19)14-25(41)31(29(21)33)40-16-28(44)37-48(40,46)47/h2-5,13-15,17,23,41H,6-12,16H2,1H3,(H,34,43)(H,37,44)(H,35,42,45)/t23-/m1/s1. The minimum absolute atomic E-state index is 0.0132. The number of piperidine rings is 2. The second-order valence-electron chi connectivity index (χ2n) is 12.4. The zero-order valence-electron chi connectivity index (χ0n) is 25.8. The van der Waals surface area contributed by atoms with Crippen LogP contribution in [0.25, 0.3) is 21.7 Å². The normalized spacial score (nSPS) is 20.0. The lowest BCUT2D eigenvalue weighted by atomic mass is 9.92. The topological polar surface area (TPSA) is 183 Å². The fourth-order valence-electron chi connectivity index (χ4n) is 6.85. The van der Waals surface area contributed by atoms with E-state index in [0.717, 1.165) is 42.5 Å². The summed E-state index contributed by atoms with van der Waals surface area (Å²) in [7, 11) is -2.49. The van der Waals surface area contributed by atoms with Crippen LogP contribution in [0.2, 0.25) is 0 Å². The molecule has 250 valence electrons. The van der Waals surface area contributed by atoms with E-state index in [1.165, 1.54) is 24.3 Å². The third-order valence-electron chi connectivity index (χ3n) is 9.27. The molecule has 4 amide bonds. The molecule has 4 heterocycles. The average molecular weight is 678 g/mol. The smallest absolute Gasteiger partial charge is 0.326 e. The van der Waals surface area contributed by atoms with Gasteiger partial charge in [-0.05, 0) is 73.0 Å². The number of phenolic OH excluding ortho intramolecular Hbond substituents is 1. The molecular formula is C32H32FN7O7S. The first-order chi connectivity index (χ1) is 22.9. The van der Waals surface area contributed by atoms with E-state index in [2.05, 4.69) is 26.7 Å². The van der Waals surface area contributed by atoms with Gasteiger partial charge in [0.2, 0.25) is 17.7 Å². The summed E-state index contributed by atoms with van der Waals surface area (Å²) in [4.78, 5) is 50.9. The van der Waals surface area contributed by atoms with Crippen LogP contribution >= 0.6 is 0 Å². The Kier molecular flexibility index (Phi) is 7.69. The number of amides is 4. The number of aromatic nitrogens is 2. The van der Waals surface area contributed by atoms with E-state index in [1.807, 2.05) is 19.2 Å². The van der Waals surface area contributed by atoms with Crippen molar-refractivity contribution in [3.8, 4) is 5.75 Å². The number of aryl methyl sites for hydroxylation is 1. The molecule has 0 spiro atoms. The first kappa shape index (κ1) is 31.4. The number of carbonyl (C=O) groups is 4. The maximum absolute atomic E-state index is 15.4. The summed E-state index contributed by atoms with van der Waals surface area (Å²) in [6, 6.07) is 11.6. The van der Waals surface area contributed by atoms with Gasteiger partial charge in [-0.15, -0.1) is 0 Å². The predicted molar refractivity (Wildman–Crippen MR) is 174 cm³/mol. The van der Waals surface area contributed by atoms with Crippen LogP contribution in [0.3, 0.4) is 0 Å². The fourth-order valence-corrected chi connectivity index (χ4v) is 8.01. The van der Waals surface area contributed by atoms with Crippen molar-refractivity contribution in [3.63, 3.8) is 0 Å². The molecule has 4 aromatic rings. The van der Waals surface area contributed by atoms with Crippen molar-refractivity contribution >= 4 is 72.6 Å². The summed E-state index contributed by atoms with van der Waals surface area (Å²) in [5.41, 5.74) is 2.34. The molecule has 0 saturated carbocycles.